The van der Waals surface area contributed by atoms with Crippen molar-refractivity contribution in [2.75, 3.05) is 0 Å². The Bertz CT molecular complexity index is 232. The third kappa shape index (κ3) is 1.46. The van der Waals surface area contributed by atoms with E-state index in [9.17, 15) is 0 Å². The molecule has 0 amide bonds. The van der Waals surface area contributed by atoms with Crippen LogP contribution in [0.25, 0.3) is 0 Å². The predicted molar refractivity (Wildman–Crippen MR) is 62.8 cm³/mol. The molecule has 0 aromatic heterocycles. The predicted octanol–water partition coefficient (Wildman–Crippen LogP) is 5.31. The van der Waals surface area contributed by atoms with E-state index in [-0.39, 0.29) is 0 Å². The van der Waals surface area contributed by atoms with E-state index in [1.165, 1.54) is 12.8 Å². The summed E-state index contributed by atoms with van der Waals surface area (Å²) in [5.41, 5.74) is 1.05. The molecule has 1 aliphatic rings. The molecule has 0 spiro atoms. The average molecular weight is 277 g/mol. The summed E-state index contributed by atoms with van der Waals surface area (Å²) < 4.78 is 0.662. The molecule has 0 heterocycles. The van der Waals surface area contributed by atoms with Crippen molar-refractivity contribution in [2.24, 2.45) is 10.8 Å². The fourth-order valence-corrected chi connectivity index (χ4v) is 9.87. The van der Waals surface area contributed by atoms with Crippen molar-refractivity contribution in [3.05, 3.63) is 0 Å². The standard InChI is InChI=1S/C10H19.3CH3.Nb/c1-8-6-7-9(2,3)10(8,4)5;;;;/h6-7H2,1-5H3;3*1H3;. The maximum atomic E-state index is 2.60. The molecule has 14 heavy (non-hydrogen) atoms. The second-order valence-corrected chi connectivity index (χ2v) is 19.6. The van der Waals surface area contributed by atoms with Crippen LogP contribution in [0.5, 0.6) is 0 Å². The molecular formula is C13H28Nb. The quantitative estimate of drug-likeness (QED) is 0.570. The minimum atomic E-state index is -1.72. The summed E-state index contributed by atoms with van der Waals surface area (Å²) in [4.78, 5) is 0. The molecule has 1 fully saturated rings. The molecule has 1 atom stereocenters. The zero-order valence-electron chi connectivity index (χ0n) is 11.4. The summed E-state index contributed by atoms with van der Waals surface area (Å²) in [5.74, 6) is 0. The van der Waals surface area contributed by atoms with Crippen molar-refractivity contribution >= 4 is 0 Å². The summed E-state index contributed by atoms with van der Waals surface area (Å²) in [6, 6.07) is 0. The number of hydrogen-bond donors (Lipinski definition) is 0. The number of hydrogen-bond acceptors (Lipinski definition) is 0. The van der Waals surface area contributed by atoms with Gasteiger partial charge in [-0.15, -0.1) is 0 Å². The molecule has 0 saturated heterocycles. The molecule has 85 valence electrons. The van der Waals surface area contributed by atoms with E-state index in [0.29, 0.717) is 14.5 Å². The first-order chi connectivity index (χ1) is 5.96. The first-order valence-electron chi connectivity index (χ1n) is 5.77. The van der Waals surface area contributed by atoms with Gasteiger partial charge in [0.2, 0.25) is 0 Å². The van der Waals surface area contributed by atoms with Crippen LogP contribution in [-0.4, -0.2) is 0 Å². The van der Waals surface area contributed by atoms with Crippen molar-refractivity contribution in [2.45, 2.75) is 66.5 Å². The summed E-state index contributed by atoms with van der Waals surface area (Å²) in [6.45, 7) is 12.5. The van der Waals surface area contributed by atoms with Crippen LogP contribution in [0.1, 0.15) is 47.5 Å². The van der Waals surface area contributed by atoms with Gasteiger partial charge >= 0.3 is 94.5 Å². The molecule has 1 unspecified atom stereocenters. The van der Waals surface area contributed by atoms with Crippen LogP contribution in [-0.2, 0) is 17.1 Å². The van der Waals surface area contributed by atoms with Crippen LogP contribution in [0.15, 0.2) is 0 Å². The van der Waals surface area contributed by atoms with Gasteiger partial charge in [0.25, 0.3) is 0 Å². The van der Waals surface area contributed by atoms with Gasteiger partial charge in [0, 0.05) is 0 Å². The molecular weight excluding hydrogens is 249 g/mol. The van der Waals surface area contributed by atoms with E-state index >= 15 is 0 Å². The van der Waals surface area contributed by atoms with Gasteiger partial charge in [-0.25, -0.2) is 0 Å². The van der Waals surface area contributed by atoms with Crippen molar-refractivity contribution in [1.29, 1.82) is 0 Å². The van der Waals surface area contributed by atoms with Gasteiger partial charge < -0.3 is 0 Å². The summed E-state index contributed by atoms with van der Waals surface area (Å²) in [6.07, 6.45) is 2.88. The van der Waals surface area contributed by atoms with E-state index in [4.69, 9.17) is 0 Å². The molecule has 1 aliphatic carbocycles. The van der Waals surface area contributed by atoms with Gasteiger partial charge in [0.15, 0.2) is 0 Å². The zero-order valence-corrected chi connectivity index (χ0v) is 13.6. The molecule has 0 bridgehead atoms. The van der Waals surface area contributed by atoms with Gasteiger partial charge in [-0.05, 0) is 0 Å². The first-order valence-corrected chi connectivity index (χ1v) is 13.5. The molecule has 1 heteroatoms. The maximum absolute atomic E-state index is 2.60. The zero-order chi connectivity index (χ0) is 11.4. The van der Waals surface area contributed by atoms with Crippen molar-refractivity contribution in [3.63, 3.8) is 0 Å². The van der Waals surface area contributed by atoms with Crippen molar-refractivity contribution < 1.29 is 17.1 Å². The molecule has 0 aliphatic heterocycles. The van der Waals surface area contributed by atoms with E-state index in [1.807, 2.05) is 0 Å². The fraction of sp³-hybridized carbons (Fsp3) is 1.00. The topological polar surface area (TPSA) is 0 Å². The Morgan fingerprint density at radius 2 is 1.21 bits per heavy atom. The SMILES string of the molecule is CC1(C)CC[C](C)([Nb]([CH3])([CH3])[CH3])C1(C)C. The van der Waals surface area contributed by atoms with Crippen LogP contribution in [0, 0.1) is 10.8 Å². The van der Waals surface area contributed by atoms with Crippen LogP contribution in [0.4, 0.5) is 0 Å². The Labute approximate surface area is 94.4 Å². The molecule has 0 N–H and O–H groups in total. The van der Waals surface area contributed by atoms with Crippen LogP contribution < -0.4 is 0 Å². The Balaban J connectivity index is 3.18. The first kappa shape index (κ1) is 12.8. The third-order valence-electron chi connectivity index (χ3n) is 5.76. The van der Waals surface area contributed by atoms with Gasteiger partial charge in [0.05, 0.1) is 0 Å². The van der Waals surface area contributed by atoms with E-state index in [1.54, 1.807) is 0 Å². The second kappa shape index (κ2) is 3.12. The normalized spacial score (nSPS) is 36.0. The van der Waals surface area contributed by atoms with E-state index < -0.39 is 17.1 Å². The molecule has 1 saturated carbocycles. The van der Waals surface area contributed by atoms with Crippen LogP contribution >= 0.6 is 0 Å². The Hall–Kier alpha value is 0.740. The second-order valence-electron chi connectivity index (χ2n) is 7.30. The van der Waals surface area contributed by atoms with Gasteiger partial charge in [0.1, 0.15) is 0 Å². The molecule has 0 nitrogen and oxygen atoms in total. The van der Waals surface area contributed by atoms with Gasteiger partial charge in [-0.1, -0.05) is 0 Å². The minimum absolute atomic E-state index is 0.518. The summed E-state index contributed by atoms with van der Waals surface area (Å²) in [7, 11) is 0. The van der Waals surface area contributed by atoms with Gasteiger partial charge in [-0.2, -0.15) is 0 Å². The Morgan fingerprint density at radius 3 is 1.36 bits per heavy atom. The number of rotatable bonds is 1. The monoisotopic (exact) mass is 277 g/mol. The average Bonchev–Trinajstić information content (AvgIpc) is 2.10. The molecule has 0 radical (unpaired) electrons. The Morgan fingerprint density at radius 1 is 0.786 bits per heavy atom. The van der Waals surface area contributed by atoms with Crippen molar-refractivity contribution in [3.8, 4) is 0 Å². The van der Waals surface area contributed by atoms with E-state index in [0.717, 1.165) is 0 Å². The van der Waals surface area contributed by atoms with E-state index in [2.05, 4.69) is 50.0 Å². The summed E-state index contributed by atoms with van der Waals surface area (Å²) >= 11 is -1.72. The van der Waals surface area contributed by atoms with Gasteiger partial charge in [-0.3, -0.25) is 0 Å². The fourth-order valence-electron chi connectivity index (χ4n) is 3.08. The Kier molecular flexibility index (Phi) is 2.85. The van der Waals surface area contributed by atoms with Crippen LogP contribution in [0.3, 0.4) is 0 Å². The third-order valence-corrected chi connectivity index (χ3v) is 15.0. The molecule has 1 rings (SSSR count). The molecule has 0 aromatic rings. The summed E-state index contributed by atoms with van der Waals surface area (Å²) in [5, 5.41) is 7.80. The van der Waals surface area contributed by atoms with Crippen molar-refractivity contribution in [1.82, 2.24) is 0 Å². The molecule has 0 aromatic carbocycles. The van der Waals surface area contributed by atoms with Crippen LogP contribution in [0.2, 0.25) is 19.1 Å².